The first-order valence-electron chi connectivity index (χ1n) is 6.34. The van der Waals surface area contributed by atoms with Gasteiger partial charge < -0.3 is 4.74 Å². The first-order valence-corrected chi connectivity index (χ1v) is 6.34. The van der Waals surface area contributed by atoms with Crippen LogP contribution in [0.1, 0.15) is 35.6 Å². The quantitative estimate of drug-likeness (QED) is 0.625. The van der Waals surface area contributed by atoms with Crippen molar-refractivity contribution < 1.29 is 9.13 Å². The molecule has 0 aromatic heterocycles. The summed E-state index contributed by atoms with van der Waals surface area (Å²) < 4.78 is 19.7. The number of nitrogens with two attached hydrogens (primary N) is 1. The molecule has 2 atom stereocenters. The van der Waals surface area contributed by atoms with Crippen molar-refractivity contribution in [3.8, 4) is 0 Å². The fourth-order valence-corrected chi connectivity index (χ4v) is 2.69. The van der Waals surface area contributed by atoms with Crippen LogP contribution in [0.25, 0.3) is 0 Å². The van der Waals surface area contributed by atoms with Gasteiger partial charge in [-0.15, -0.1) is 0 Å². The van der Waals surface area contributed by atoms with Crippen LogP contribution in [0.5, 0.6) is 0 Å². The highest BCUT2D eigenvalue weighted by atomic mass is 19.1. The van der Waals surface area contributed by atoms with Crippen molar-refractivity contribution in [1.82, 2.24) is 5.43 Å². The number of methoxy groups -OCH3 is 1. The van der Waals surface area contributed by atoms with Gasteiger partial charge >= 0.3 is 0 Å². The first-order chi connectivity index (χ1) is 8.58. The molecule has 2 rings (SSSR count). The zero-order valence-corrected chi connectivity index (χ0v) is 11.2. The van der Waals surface area contributed by atoms with Gasteiger partial charge in [0.1, 0.15) is 5.82 Å². The van der Waals surface area contributed by atoms with Crippen molar-refractivity contribution in [2.45, 2.75) is 38.8 Å². The van der Waals surface area contributed by atoms with Crippen LogP contribution >= 0.6 is 0 Å². The Labute approximate surface area is 107 Å². The van der Waals surface area contributed by atoms with Crippen molar-refractivity contribution in [2.75, 3.05) is 7.11 Å². The standard InChI is InChI=1S/C14H21FN2O/c1-8-6-9(2)12(11(15)7-8)13(17-16)14(18-3)10-4-5-10/h6-7,10,13-14,17H,4-5,16H2,1-3H3. The van der Waals surface area contributed by atoms with Gasteiger partial charge in [-0.1, -0.05) is 6.07 Å². The molecule has 100 valence electrons. The van der Waals surface area contributed by atoms with E-state index in [0.29, 0.717) is 11.5 Å². The molecule has 1 aliphatic rings. The molecule has 0 saturated heterocycles. The maximum Gasteiger partial charge on any atom is 0.128 e. The molecule has 0 aliphatic heterocycles. The number of nitrogens with one attached hydrogen (secondary N) is 1. The summed E-state index contributed by atoms with van der Waals surface area (Å²) in [6.07, 6.45) is 2.19. The lowest BCUT2D eigenvalue weighted by Crippen LogP contribution is -2.39. The highest BCUT2D eigenvalue weighted by Gasteiger charge is 2.38. The van der Waals surface area contributed by atoms with Gasteiger partial charge in [0.05, 0.1) is 12.1 Å². The summed E-state index contributed by atoms with van der Waals surface area (Å²) in [6, 6.07) is 3.23. The van der Waals surface area contributed by atoms with Gasteiger partial charge in [0.2, 0.25) is 0 Å². The number of rotatable bonds is 5. The van der Waals surface area contributed by atoms with Crippen LogP contribution < -0.4 is 11.3 Å². The Balaban J connectivity index is 2.37. The van der Waals surface area contributed by atoms with E-state index in [4.69, 9.17) is 10.6 Å². The molecule has 0 bridgehead atoms. The number of benzene rings is 1. The zero-order chi connectivity index (χ0) is 13.3. The van der Waals surface area contributed by atoms with Crippen LogP contribution in [0.2, 0.25) is 0 Å². The highest BCUT2D eigenvalue weighted by molar-refractivity contribution is 5.35. The van der Waals surface area contributed by atoms with Crippen LogP contribution in [0.15, 0.2) is 12.1 Å². The molecule has 4 heteroatoms. The molecule has 0 amide bonds. The highest BCUT2D eigenvalue weighted by Crippen LogP contribution is 2.40. The smallest absolute Gasteiger partial charge is 0.128 e. The minimum atomic E-state index is -0.289. The van der Waals surface area contributed by atoms with Gasteiger partial charge in [0.25, 0.3) is 0 Å². The molecule has 0 spiro atoms. The van der Waals surface area contributed by atoms with Gasteiger partial charge in [-0.05, 0) is 49.8 Å². The van der Waals surface area contributed by atoms with Crippen LogP contribution in [0.3, 0.4) is 0 Å². The molecule has 1 aromatic carbocycles. The number of hydrogen-bond donors (Lipinski definition) is 2. The molecule has 1 saturated carbocycles. The van der Waals surface area contributed by atoms with E-state index in [9.17, 15) is 4.39 Å². The molecule has 2 unspecified atom stereocenters. The maximum atomic E-state index is 14.2. The number of ether oxygens (including phenoxy) is 1. The average molecular weight is 252 g/mol. The zero-order valence-electron chi connectivity index (χ0n) is 11.2. The van der Waals surface area contributed by atoms with Crippen molar-refractivity contribution in [2.24, 2.45) is 11.8 Å². The van der Waals surface area contributed by atoms with E-state index in [1.54, 1.807) is 13.2 Å². The molecule has 0 heterocycles. The molecule has 0 radical (unpaired) electrons. The van der Waals surface area contributed by atoms with Gasteiger partial charge in [-0.3, -0.25) is 11.3 Å². The van der Waals surface area contributed by atoms with Crippen LogP contribution in [-0.4, -0.2) is 13.2 Å². The number of aryl methyl sites for hydroxylation is 2. The third-order valence-corrected chi connectivity index (χ3v) is 3.66. The van der Waals surface area contributed by atoms with Gasteiger partial charge in [0, 0.05) is 12.7 Å². The predicted molar refractivity (Wildman–Crippen MR) is 69.5 cm³/mol. The van der Waals surface area contributed by atoms with Crippen molar-refractivity contribution >= 4 is 0 Å². The molecule has 3 N–H and O–H groups in total. The summed E-state index contributed by atoms with van der Waals surface area (Å²) in [7, 11) is 1.66. The largest absolute Gasteiger partial charge is 0.379 e. The summed E-state index contributed by atoms with van der Waals surface area (Å²) in [4.78, 5) is 0. The van der Waals surface area contributed by atoms with Gasteiger partial charge in [-0.25, -0.2) is 4.39 Å². The molecule has 18 heavy (non-hydrogen) atoms. The molecule has 1 aliphatic carbocycles. The second-order valence-electron chi connectivity index (χ2n) is 5.16. The van der Waals surface area contributed by atoms with E-state index in [2.05, 4.69) is 5.43 Å². The molecule has 1 fully saturated rings. The van der Waals surface area contributed by atoms with Crippen LogP contribution in [0, 0.1) is 25.6 Å². The Morgan fingerprint density at radius 3 is 2.50 bits per heavy atom. The molecule has 1 aromatic rings. The van der Waals surface area contributed by atoms with E-state index < -0.39 is 0 Å². The topological polar surface area (TPSA) is 47.3 Å². The van der Waals surface area contributed by atoms with E-state index in [0.717, 1.165) is 24.0 Å². The van der Waals surface area contributed by atoms with E-state index in [1.165, 1.54) is 0 Å². The van der Waals surface area contributed by atoms with Crippen LogP contribution in [-0.2, 0) is 4.74 Å². The Bertz CT molecular complexity index is 409. The third kappa shape index (κ3) is 2.55. The Morgan fingerprint density at radius 2 is 2.06 bits per heavy atom. The van der Waals surface area contributed by atoms with Gasteiger partial charge in [0.15, 0.2) is 0 Å². The Morgan fingerprint density at radius 1 is 1.39 bits per heavy atom. The van der Waals surface area contributed by atoms with Crippen molar-refractivity contribution in [1.29, 1.82) is 0 Å². The number of hydrogen-bond acceptors (Lipinski definition) is 3. The normalized spacial score (nSPS) is 18.7. The SMILES string of the molecule is COC(C1CC1)C(NN)c1c(C)cc(C)cc1F. The lowest BCUT2D eigenvalue weighted by atomic mass is 9.93. The Hall–Kier alpha value is -0.970. The maximum absolute atomic E-state index is 14.2. The molecular weight excluding hydrogens is 231 g/mol. The van der Waals surface area contributed by atoms with Gasteiger partial charge in [-0.2, -0.15) is 0 Å². The lowest BCUT2D eigenvalue weighted by Gasteiger charge is -2.27. The average Bonchev–Trinajstić information content (AvgIpc) is 3.10. The molecule has 3 nitrogen and oxygen atoms in total. The van der Waals surface area contributed by atoms with E-state index in [1.807, 2.05) is 19.9 Å². The minimum absolute atomic E-state index is 0.0640. The minimum Gasteiger partial charge on any atom is -0.379 e. The summed E-state index contributed by atoms with van der Waals surface area (Å²) in [5.74, 6) is 5.90. The van der Waals surface area contributed by atoms with Crippen molar-refractivity contribution in [3.05, 3.63) is 34.6 Å². The summed E-state index contributed by atoms with van der Waals surface area (Å²) in [5.41, 5.74) is 5.19. The van der Waals surface area contributed by atoms with E-state index >= 15 is 0 Å². The lowest BCUT2D eigenvalue weighted by molar-refractivity contribution is 0.0494. The fourth-order valence-electron chi connectivity index (χ4n) is 2.69. The summed E-state index contributed by atoms with van der Waals surface area (Å²) in [6.45, 7) is 3.80. The summed E-state index contributed by atoms with van der Waals surface area (Å²) in [5, 5.41) is 0. The second-order valence-corrected chi connectivity index (χ2v) is 5.16. The third-order valence-electron chi connectivity index (χ3n) is 3.66. The monoisotopic (exact) mass is 252 g/mol. The number of halogens is 1. The second kappa shape index (κ2) is 5.34. The van der Waals surface area contributed by atoms with Crippen molar-refractivity contribution in [3.63, 3.8) is 0 Å². The predicted octanol–water partition coefficient (Wildman–Crippen LogP) is 2.37. The fraction of sp³-hybridized carbons (Fsp3) is 0.571. The Kier molecular flexibility index (Phi) is 4.00. The first kappa shape index (κ1) is 13.5. The molecular formula is C14H21FN2O. The van der Waals surface area contributed by atoms with E-state index in [-0.39, 0.29) is 18.0 Å². The summed E-state index contributed by atoms with van der Waals surface area (Å²) >= 11 is 0. The van der Waals surface area contributed by atoms with Crippen LogP contribution in [0.4, 0.5) is 4.39 Å². The number of hydrazine groups is 1.